The van der Waals surface area contributed by atoms with Crippen LogP contribution in [0.3, 0.4) is 0 Å². The van der Waals surface area contributed by atoms with Crippen LogP contribution in [0.2, 0.25) is 0 Å². The van der Waals surface area contributed by atoms with E-state index in [0.29, 0.717) is 31.8 Å². The molecule has 0 spiro atoms. The van der Waals surface area contributed by atoms with Gasteiger partial charge in [0.2, 0.25) is 5.91 Å². The van der Waals surface area contributed by atoms with Crippen LogP contribution in [0, 0.1) is 5.92 Å². The van der Waals surface area contributed by atoms with Gasteiger partial charge in [0.15, 0.2) is 0 Å². The molecule has 8 nitrogen and oxygen atoms in total. The molecular formula is C21H28N4O4. The number of fused-ring (bicyclic) bond motifs is 1. The summed E-state index contributed by atoms with van der Waals surface area (Å²) in [6.07, 6.45) is 7.06. The predicted molar refractivity (Wildman–Crippen MR) is 105 cm³/mol. The number of nitrogens with one attached hydrogen (secondary N) is 2. The lowest BCUT2D eigenvalue weighted by atomic mass is 9.82. The number of aromatic amines is 1. The first-order valence-corrected chi connectivity index (χ1v) is 10.4. The van der Waals surface area contributed by atoms with E-state index in [9.17, 15) is 9.59 Å². The highest BCUT2D eigenvalue weighted by Crippen LogP contribution is 2.30. The van der Waals surface area contributed by atoms with Gasteiger partial charge in [-0.25, -0.2) is 0 Å². The van der Waals surface area contributed by atoms with Crippen LogP contribution < -0.4 is 5.32 Å². The molecule has 2 aliphatic rings. The van der Waals surface area contributed by atoms with E-state index in [1.807, 2.05) is 4.90 Å². The zero-order chi connectivity index (χ0) is 20.2. The van der Waals surface area contributed by atoms with E-state index in [4.69, 9.17) is 9.26 Å². The van der Waals surface area contributed by atoms with E-state index in [0.717, 1.165) is 36.9 Å². The predicted octanol–water partition coefficient (Wildman–Crippen LogP) is 2.28. The van der Waals surface area contributed by atoms with E-state index in [2.05, 4.69) is 22.4 Å². The van der Waals surface area contributed by atoms with Crippen LogP contribution >= 0.6 is 0 Å². The molecule has 3 heterocycles. The van der Waals surface area contributed by atoms with E-state index in [-0.39, 0.29) is 29.9 Å². The molecule has 1 fully saturated rings. The number of H-pyrrole nitrogens is 1. The van der Waals surface area contributed by atoms with Gasteiger partial charge in [0.25, 0.3) is 5.91 Å². The van der Waals surface area contributed by atoms with Crippen molar-refractivity contribution in [2.75, 3.05) is 13.2 Å². The lowest BCUT2D eigenvalue weighted by Gasteiger charge is -2.38. The number of hydrogen-bond acceptors (Lipinski definition) is 5. The van der Waals surface area contributed by atoms with Crippen molar-refractivity contribution in [1.82, 2.24) is 20.4 Å². The van der Waals surface area contributed by atoms with Crippen molar-refractivity contribution in [3.63, 3.8) is 0 Å². The molecule has 156 valence electrons. The number of ether oxygens (including phenoxy) is 1. The normalized spacial score (nSPS) is 24.2. The van der Waals surface area contributed by atoms with E-state index >= 15 is 0 Å². The molecule has 2 aromatic rings. The summed E-state index contributed by atoms with van der Waals surface area (Å²) in [6.45, 7) is 3.92. The maximum atomic E-state index is 13.2. The molecule has 4 rings (SSSR count). The van der Waals surface area contributed by atoms with Crippen molar-refractivity contribution in [3.8, 4) is 0 Å². The van der Waals surface area contributed by atoms with Crippen LogP contribution in [-0.4, -0.2) is 52.2 Å². The Kier molecular flexibility index (Phi) is 5.99. The zero-order valence-electron chi connectivity index (χ0n) is 16.7. The van der Waals surface area contributed by atoms with Gasteiger partial charge in [-0.3, -0.25) is 9.59 Å². The maximum Gasteiger partial charge on any atom is 0.267 e. The Morgan fingerprint density at radius 1 is 1.41 bits per heavy atom. The molecule has 8 heteroatoms. The standard InChI is InChI=1S/C21H28N4O4/c1-2-10-28-19-6-5-14(11-18(19)23-20(26)17-4-3-8-22-17)21(27)25-9-7-16-15(12-25)13-29-24-16/h3-4,8,13-14,18-19,22H,2,5-7,9-12H2,1H3,(H,23,26)/t14-,18-,19-/m1/s1. The average Bonchev–Trinajstić information content (AvgIpc) is 3.43. The number of hydrogen-bond donors (Lipinski definition) is 2. The lowest BCUT2D eigenvalue weighted by Crippen LogP contribution is -2.51. The van der Waals surface area contributed by atoms with E-state index < -0.39 is 0 Å². The Morgan fingerprint density at radius 2 is 2.31 bits per heavy atom. The third kappa shape index (κ3) is 4.37. The Hall–Kier alpha value is -2.61. The summed E-state index contributed by atoms with van der Waals surface area (Å²) in [4.78, 5) is 30.6. The third-order valence-corrected chi connectivity index (χ3v) is 5.85. The first-order chi connectivity index (χ1) is 14.2. The SMILES string of the molecule is CCCO[C@@H]1CC[C@@H](C(=O)N2CCc3nocc3C2)C[C@H]1NC(=O)c1ccc[nH]1. The molecule has 0 aromatic carbocycles. The molecule has 3 atom stereocenters. The van der Waals surface area contributed by atoms with Gasteiger partial charge in [-0.15, -0.1) is 0 Å². The van der Waals surface area contributed by atoms with Gasteiger partial charge in [-0.05, 0) is 37.8 Å². The number of amides is 2. The van der Waals surface area contributed by atoms with Crippen LogP contribution in [0.4, 0.5) is 0 Å². The van der Waals surface area contributed by atoms with Crippen LogP contribution in [-0.2, 0) is 22.5 Å². The second-order valence-corrected chi connectivity index (χ2v) is 7.88. The van der Waals surface area contributed by atoms with Crippen LogP contribution in [0.1, 0.15) is 54.4 Å². The molecule has 2 aromatic heterocycles. The third-order valence-electron chi connectivity index (χ3n) is 5.85. The molecule has 1 aliphatic carbocycles. The zero-order valence-corrected chi connectivity index (χ0v) is 16.7. The molecule has 0 radical (unpaired) electrons. The average molecular weight is 400 g/mol. The van der Waals surface area contributed by atoms with Gasteiger partial charge < -0.3 is 24.5 Å². The van der Waals surface area contributed by atoms with Crippen LogP contribution in [0.15, 0.2) is 29.1 Å². The van der Waals surface area contributed by atoms with Gasteiger partial charge in [0, 0.05) is 37.3 Å². The molecular weight excluding hydrogens is 372 g/mol. The van der Waals surface area contributed by atoms with E-state index in [1.165, 1.54) is 0 Å². The van der Waals surface area contributed by atoms with Gasteiger partial charge >= 0.3 is 0 Å². The second-order valence-electron chi connectivity index (χ2n) is 7.88. The monoisotopic (exact) mass is 400 g/mol. The number of carbonyl (C=O) groups is 2. The second kappa shape index (κ2) is 8.82. The minimum absolute atomic E-state index is 0.0658. The number of rotatable bonds is 6. The molecule has 1 aliphatic heterocycles. The topological polar surface area (TPSA) is 100 Å². The summed E-state index contributed by atoms with van der Waals surface area (Å²) in [6, 6.07) is 3.35. The fraction of sp³-hybridized carbons (Fsp3) is 0.571. The Labute approximate surface area is 170 Å². The van der Waals surface area contributed by atoms with Crippen molar-refractivity contribution in [1.29, 1.82) is 0 Å². The Bertz CT molecular complexity index is 832. The highest BCUT2D eigenvalue weighted by atomic mass is 16.5. The van der Waals surface area contributed by atoms with Gasteiger partial charge in [0.05, 0.1) is 24.4 Å². The van der Waals surface area contributed by atoms with E-state index in [1.54, 1.807) is 24.6 Å². The maximum absolute atomic E-state index is 13.2. The number of aromatic nitrogens is 2. The minimum Gasteiger partial charge on any atom is -0.376 e. The molecule has 1 saturated carbocycles. The lowest BCUT2D eigenvalue weighted by molar-refractivity contribution is -0.139. The van der Waals surface area contributed by atoms with Crippen LogP contribution in [0.25, 0.3) is 0 Å². The summed E-state index contributed by atoms with van der Waals surface area (Å²) in [5.41, 5.74) is 2.45. The minimum atomic E-state index is -0.184. The fourth-order valence-electron chi connectivity index (χ4n) is 4.29. The van der Waals surface area contributed by atoms with Crippen molar-refractivity contribution in [2.24, 2.45) is 5.92 Å². The summed E-state index contributed by atoms with van der Waals surface area (Å²) in [7, 11) is 0. The van der Waals surface area contributed by atoms with Crippen LogP contribution in [0.5, 0.6) is 0 Å². The molecule has 29 heavy (non-hydrogen) atoms. The smallest absolute Gasteiger partial charge is 0.267 e. The quantitative estimate of drug-likeness (QED) is 0.775. The number of nitrogens with zero attached hydrogens (tertiary/aromatic N) is 2. The largest absolute Gasteiger partial charge is 0.376 e. The fourth-order valence-corrected chi connectivity index (χ4v) is 4.29. The van der Waals surface area contributed by atoms with Crippen molar-refractivity contribution in [3.05, 3.63) is 41.5 Å². The molecule has 0 bridgehead atoms. The first-order valence-electron chi connectivity index (χ1n) is 10.4. The first kappa shape index (κ1) is 19.7. The molecule has 0 saturated heterocycles. The highest BCUT2D eigenvalue weighted by Gasteiger charge is 2.38. The summed E-state index contributed by atoms with van der Waals surface area (Å²) >= 11 is 0. The summed E-state index contributed by atoms with van der Waals surface area (Å²) in [5, 5.41) is 7.08. The molecule has 2 amide bonds. The van der Waals surface area contributed by atoms with Crippen molar-refractivity contribution >= 4 is 11.8 Å². The summed E-state index contributed by atoms with van der Waals surface area (Å²) in [5.74, 6) is -0.137. The Morgan fingerprint density at radius 3 is 3.10 bits per heavy atom. The Balaban J connectivity index is 1.42. The number of carbonyl (C=O) groups excluding carboxylic acids is 2. The molecule has 2 N–H and O–H groups in total. The molecule has 0 unspecified atom stereocenters. The van der Waals surface area contributed by atoms with Gasteiger partial charge in [-0.2, -0.15) is 0 Å². The summed E-state index contributed by atoms with van der Waals surface area (Å²) < 4.78 is 11.0. The van der Waals surface area contributed by atoms with Crippen molar-refractivity contribution < 1.29 is 18.8 Å². The van der Waals surface area contributed by atoms with Gasteiger partial charge in [0.1, 0.15) is 12.0 Å². The van der Waals surface area contributed by atoms with Gasteiger partial charge in [-0.1, -0.05) is 12.1 Å². The van der Waals surface area contributed by atoms with Crippen molar-refractivity contribution in [2.45, 2.75) is 57.7 Å². The highest BCUT2D eigenvalue weighted by molar-refractivity contribution is 5.92.